The molecule has 0 saturated heterocycles. The number of rotatable bonds is 6. The van der Waals surface area contributed by atoms with Gasteiger partial charge in [0.2, 0.25) is 0 Å². The highest BCUT2D eigenvalue weighted by molar-refractivity contribution is 7.90. The molecular weight excluding hydrogens is 360 g/mol. The van der Waals surface area contributed by atoms with E-state index < -0.39 is 22.2 Å². The molecule has 1 unspecified atom stereocenters. The summed E-state index contributed by atoms with van der Waals surface area (Å²) in [6.45, 7) is 9.78. The van der Waals surface area contributed by atoms with Crippen LogP contribution in [0.4, 0.5) is 0 Å². The standard InChI is InChI=1S/C21H28N2O3S/c1-14-8-7-9-15(2)20(14)16-10-11-22-17(12-16)18(13-19(24)26-6)23-27(25)21(3,4)5/h7-12,18,23H,13H2,1-6H3/t18-,27?/m0/s1. The number of ether oxygens (including phenoxy) is 1. The largest absolute Gasteiger partial charge is 0.598 e. The van der Waals surface area contributed by atoms with Crippen LogP contribution in [0.15, 0.2) is 36.5 Å². The predicted octanol–water partition coefficient (Wildman–Crippen LogP) is 4.02. The molecule has 0 aliphatic heterocycles. The normalized spacial score (nSPS) is 13.9. The van der Waals surface area contributed by atoms with Crippen LogP contribution in [0.2, 0.25) is 0 Å². The van der Waals surface area contributed by atoms with Crippen LogP contribution in [0.5, 0.6) is 0 Å². The Balaban J connectivity index is 2.42. The molecule has 2 atom stereocenters. The lowest BCUT2D eigenvalue weighted by molar-refractivity contribution is -0.141. The quantitative estimate of drug-likeness (QED) is 0.597. The third-order valence-corrected chi connectivity index (χ3v) is 5.92. The molecular formula is C21H28N2O3S. The summed E-state index contributed by atoms with van der Waals surface area (Å²) in [6.07, 6.45) is 1.78. The van der Waals surface area contributed by atoms with E-state index in [1.165, 1.54) is 18.2 Å². The number of aromatic nitrogens is 1. The molecule has 0 bridgehead atoms. The third kappa shape index (κ3) is 5.54. The van der Waals surface area contributed by atoms with Crippen molar-refractivity contribution in [2.45, 2.75) is 51.8 Å². The fourth-order valence-corrected chi connectivity index (χ4v) is 3.64. The minimum atomic E-state index is -1.34. The summed E-state index contributed by atoms with van der Waals surface area (Å²) in [6, 6.07) is 9.58. The van der Waals surface area contributed by atoms with Crippen LogP contribution in [-0.4, -0.2) is 27.4 Å². The van der Waals surface area contributed by atoms with Crippen molar-refractivity contribution in [2.24, 2.45) is 0 Å². The van der Waals surface area contributed by atoms with Crippen molar-refractivity contribution in [3.8, 4) is 11.1 Å². The van der Waals surface area contributed by atoms with E-state index in [4.69, 9.17) is 4.74 Å². The van der Waals surface area contributed by atoms with Crippen LogP contribution >= 0.6 is 0 Å². The highest BCUT2D eigenvalue weighted by Gasteiger charge is 2.31. The molecule has 1 aromatic heterocycles. The SMILES string of the molecule is COC(=O)C[C@H](N[S+]([O-])C(C)(C)C)c1cc(-c2c(C)cccc2C)ccn1. The van der Waals surface area contributed by atoms with Crippen molar-refractivity contribution in [3.05, 3.63) is 53.3 Å². The molecule has 0 saturated carbocycles. The number of aryl methyl sites for hydroxylation is 2. The van der Waals surface area contributed by atoms with Gasteiger partial charge < -0.3 is 9.29 Å². The number of hydrogen-bond acceptors (Lipinski definition) is 5. The van der Waals surface area contributed by atoms with Crippen molar-refractivity contribution >= 4 is 17.3 Å². The zero-order valence-electron chi connectivity index (χ0n) is 16.8. The first-order valence-corrected chi connectivity index (χ1v) is 10.1. The van der Waals surface area contributed by atoms with Gasteiger partial charge in [-0.1, -0.05) is 18.2 Å². The Morgan fingerprint density at radius 3 is 2.44 bits per heavy atom. The number of carbonyl (C=O) groups is 1. The third-order valence-electron chi connectivity index (χ3n) is 4.31. The Kier molecular flexibility index (Phi) is 7.03. The summed E-state index contributed by atoms with van der Waals surface area (Å²) in [4.78, 5) is 16.3. The molecule has 6 heteroatoms. The second-order valence-corrected chi connectivity index (χ2v) is 9.57. The molecule has 0 amide bonds. The molecule has 0 spiro atoms. The zero-order chi connectivity index (χ0) is 20.2. The smallest absolute Gasteiger partial charge is 0.307 e. The average molecular weight is 389 g/mol. The van der Waals surface area contributed by atoms with Gasteiger partial charge in [-0.15, -0.1) is 4.72 Å². The van der Waals surface area contributed by atoms with E-state index >= 15 is 0 Å². The van der Waals surface area contributed by atoms with E-state index in [1.54, 1.807) is 6.20 Å². The maximum atomic E-state index is 12.6. The maximum absolute atomic E-state index is 12.6. The first-order valence-electron chi connectivity index (χ1n) is 8.91. The van der Waals surface area contributed by atoms with Gasteiger partial charge in [-0.05, 0) is 69.0 Å². The summed E-state index contributed by atoms with van der Waals surface area (Å²) in [5, 5.41) is 0. The zero-order valence-corrected chi connectivity index (χ0v) is 17.6. The molecule has 146 valence electrons. The molecule has 0 aliphatic rings. The molecule has 1 aromatic carbocycles. The fraction of sp³-hybridized carbons (Fsp3) is 0.429. The van der Waals surface area contributed by atoms with Gasteiger partial charge in [-0.3, -0.25) is 9.78 Å². The van der Waals surface area contributed by atoms with E-state index in [9.17, 15) is 9.35 Å². The molecule has 0 fully saturated rings. The summed E-state index contributed by atoms with van der Waals surface area (Å²) < 4.78 is 20.0. The second kappa shape index (κ2) is 8.87. The predicted molar refractivity (Wildman–Crippen MR) is 110 cm³/mol. The van der Waals surface area contributed by atoms with E-state index in [1.807, 2.05) is 39.0 Å². The molecule has 0 radical (unpaired) electrons. The van der Waals surface area contributed by atoms with E-state index in [0.29, 0.717) is 5.69 Å². The van der Waals surface area contributed by atoms with E-state index in [-0.39, 0.29) is 12.4 Å². The number of esters is 1. The van der Waals surface area contributed by atoms with Crippen molar-refractivity contribution in [1.29, 1.82) is 0 Å². The Hall–Kier alpha value is -1.89. The van der Waals surface area contributed by atoms with Crippen LogP contribution in [0.25, 0.3) is 11.1 Å². The number of nitrogens with one attached hydrogen (secondary N) is 1. The van der Waals surface area contributed by atoms with Gasteiger partial charge >= 0.3 is 5.97 Å². The molecule has 1 heterocycles. The first kappa shape index (κ1) is 21.4. The van der Waals surface area contributed by atoms with Crippen molar-refractivity contribution in [3.63, 3.8) is 0 Å². The van der Waals surface area contributed by atoms with Gasteiger partial charge in [0.1, 0.15) is 10.8 Å². The lowest BCUT2D eigenvalue weighted by atomic mass is 9.95. The van der Waals surface area contributed by atoms with Crippen LogP contribution in [0.1, 0.15) is 50.1 Å². The van der Waals surface area contributed by atoms with Crippen LogP contribution in [0.3, 0.4) is 0 Å². The summed E-state index contributed by atoms with van der Waals surface area (Å²) in [5.41, 5.74) is 5.17. The monoisotopic (exact) mass is 388 g/mol. The molecule has 5 nitrogen and oxygen atoms in total. The number of benzene rings is 1. The number of nitrogens with zero attached hydrogens (tertiary/aromatic N) is 1. The molecule has 2 aromatic rings. The molecule has 1 N–H and O–H groups in total. The Morgan fingerprint density at radius 1 is 1.26 bits per heavy atom. The average Bonchev–Trinajstić information content (AvgIpc) is 2.60. The minimum Gasteiger partial charge on any atom is -0.598 e. The highest BCUT2D eigenvalue weighted by atomic mass is 32.2. The number of methoxy groups -OCH3 is 1. The first-order chi connectivity index (χ1) is 12.6. The number of carbonyl (C=O) groups excluding carboxylic acids is 1. The van der Waals surface area contributed by atoms with Gasteiger partial charge in [0.05, 0.1) is 19.2 Å². The Labute approximate surface area is 164 Å². The highest BCUT2D eigenvalue weighted by Crippen LogP contribution is 2.29. The number of hydrogen-bond donors (Lipinski definition) is 1. The maximum Gasteiger partial charge on any atom is 0.307 e. The van der Waals surface area contributed by atoms with Crippen molar-refractivity contribution in [1.82, 2.24) is 9.71 Å². The van der Waals surface area contributed by atoms with Crippen LogP contribution < -0.4 is 4.72 Å². The summed E-state index contributed by atoms with van der Waals surface area (Å²) >= 11 is -1.34. The molecule has 27 heavy (non-hydrogen) atoms. The number of pyridine rings is 1. The summed E-state index contributed by atoms with van der Waals surface area (Å²) in [5.74, 6) is -0.377. The lowest BCUT2D eigenvalue weighted by Gasteiger charge is -2.27. The van der Waals surface area contributed by atoms with Gasteiger partial charge in [0.15, 0.2) is 0 Å². The Morgan fingerprint density at radius 2 is 1.89 bits per heavy atom. The summed E-state index contributed by atoms with van der Waals surface area (Å²) in [7, 11) is 1.35. The Bertz CT molecular complexity index is 782. The van der Waals surface area contributed by atoms with Gasteiger partial charge in [-0.2, -0.15) is 0 Å². The van der Waals surface area contributed by atoms with E-state index in [2.05, 4.69) is 35.7 Å². The topological polar surface area (TPSA) is 74.3 Å². The van der Waals surface area contributed by atoms with Crippen molar-refractivity contribution < 1.29 is 14.1 Å². The fourth-order valence-electron chi connectivity index (χ4n) is 2.83. The van der Waals surface area contributed by atoms with Crippen LogP contribution in [-0.2, 0) is 20.9 Å². The van der Waals surface area contributed by atoms with Gasteiger partial charge in [-0.25, -0.2) is 0 Å². The minimum absolute atomic E-state index is 0.0571. The van der Waals surface area contributed by atoms with E-state index in [0.717, 1.165) is 11.1 Å². The van der Waals surface area contributed by atoms with Crippen LogP contribution in [0, 0.1) is 13.8 Å². The second-order valence-electron chi connectivity index (χ2n) is 7.57. The molecule has 0 aliphatic carbocycles. The molecule has 2 rings (SSSR count). The lowest BCUT2D eigenvalue weighted by Crippen LogP contribution is -2.42. The van der Waals surface area contributed by atoms with Gasteiger partial charge in [0.25, 0.3) is 0 Å². The van der Waals surface area contributed by atoms with Crippen molar-refractivity contribution in [2.75, 3.05) is 7.11 Å². The van der Waals surface area contributed by atoms with Gasteiger partial charge in [0, 0.05) is 17.6 Å².